The SMILES string of the molecule is CCCCCCCCCCCCCCC[C@H](N=[N+]=[N-])[C@H](C)NC(=O)OC(C)(C)C. The van der Waals surface area contributed by atoms with Gasteiger partial charge in [0.1, 0.15) is 5.60 Å². The van der Waals surface area contributed by atoms with E-state index in [1.165, 1.54) is 70.6 Å². The van der Waals surface area contributed by atoms with E-state index in [2.05, 4.69) is 22.3 Å². The summed E-state index contributed by atoms with van der Waals surface area (Å²) in [7, 11) is 0. The fourth-order valence-corrected chi connectivity index (χ4v) is 3.43. The zero-order chi connectivity index (χ0) is 22.0. The van der Waals surface area contributed by atoms with Crippen molar-refractivity contribution >= 4 is 6.09 Å². The van der Waals surface area contributed by atoms with Gasteiger partial charge in [0.15, 0.2) is 0 Å². The van der Waals surface area contributed by atoms with Gasteiger partial charge in [0.05, 0.1) is 6.04 Å². The van der Waals surface area contributed by atoms with Crippen LogP contribution in [0.3, 0.4) is 0 Å². The van der Waals surface area contributed by atoms with Crippen molar-refractivity contribution in [1.82, 2.24) is 5.32 Å². The number of carbonyl (C=O) groups excluding carboxylic acids is 1. The van der Waals surface area contributed by atoms with E-state index >= 15 is 0 Å². The van der Waals surface area contributed by atoms with E-state index in [9.17, 15) is 4.79 Å². The highest BCUT2D eigenvalue weighted by molar-refractivity contribution is 5.68. The van der Waals surface area contributed by atoms with Crippen molar-refractivity contribution < 1.29 is 9.53 Å². The third-order valence-electron chi connectivity index (χ3n) is 5.12. The summed E-state index contributed by atoms with van der Waals surface area (Å²) in [5, 5.41) is 6.67. The van der Waals surface area contributed by atoms with Crippen molar-refractivity contribution in [3.8, 4) is 0 Å². The molecule has 0 radical (unpaired) electrons. The van der Waals surface area contributed by atoms with Crippen molar-refractivity contribution in [3.63, 3.8) is 0 Å². The molecule has 29 heavy (non-hydrogen) atoms. The first kappa shape index (κ1) is 27.6. The standard InChI is InChI=1S/C23H46N4O2/c1-6-7-8-9-10-11-12-13-14-15-16-17-18-19-21(26-27-24)20(2)25-22(28)29-23(3,4)5/h20-21H,6-19H2,1-5H3,(H,25,28)/t20-,21-/m0/s1. The largest absolute Gasteiger partial charge is 0.444 e. The molecule has 0 spiro atoms. The lowest BCUT2D eigenvalue weighted by atomic mass is 10.0. The van der Waals surface area contributed by atoms with Gasteiger partial charge in [0.2, 0.25) is 0 Å². The van der Waals surface area contributed by atoms with Crippen LogP contribution < -0.4 is 5.32 Å². The third kappa shape index (κ3) is 18.4. The van der Waals surface area contributed by atoms with Gasteiger partial charge in [0.25, 0.3) is 0 Å². The Hall–Kier alpha value is -1.42. The van der Waals surface area contributed by atoms with E-state index < -0.39 is 11.7 Å². The predicted molar refractivity (Wildman–Crippen MR) is 122 cm³/mol. The monoisotopic (exact) mass is 410 g/mol. The highest BCUT2D eigenvalue weighted by Crippen LogP contribution is 2.16. The number of alkyl carbamates (subject to hydrolysis) is 1. The lowest BCUT2D eigenvalue weighted by Gasteiger charge is -2.24. The van der Waals surface area contributed by atoms with Crippen molar-refractivity contribution in [2.24, 2.45) is 5.11 Å². The first-order chi connectivity index (χ1) is 13.8. The van der Waals surface area contributed by atoms with Crippen LogP contribution in [0.1, 0.15) is 125 Å². The number of unbranched alkanes of at least 4 members (excludes halogenated alkanes) is 12. The van der Waals surface area contributed by atoms with E-state index in [1.54, 1.807) is 0 Å². The molecule has 0 aliphatic carbocycles. The van der Waals surface area contributed by atoms with Gasteiger partial charge in [-0.15, -0.1) is 0 Å². The minimum absolute atomic E-state index is 0.236. The second-order valence-corrected chi connectivity index (χ2v) is 9.24. The Balaban J connectivity index is 3.79. The van der Waals surface area contributed by atoms with Gasteiger partial charge in [-0.05, 0) is 39.6 Å². The summed E-state index contributed by atoms with van der Waals surface area (Å²) in [5.41, 5.74) is 8.29. The highest BCUT2D eigenvalue weighted by atomic mass is 16.6. The number of ether oxygens (including phenoxy) is 1. The highest BCUT2D eigenvalue weighted by Gasteiger charge is 2.21. The summed E-state index contributed by atoms with van der Waals surface area (Å²) in [6.45, 7) is 9.62. The molecule has 6 heteroatoms. The number of amides is 1. The molecule has 0 aliphatic heterocycles. The van der Waals surface area contributed by atoms with E-state index in [4.69, 9.17) is 10.3 Å². The van der Waals surface area contributed by atoms with E-state index in [-0.39, 0.29) is 12.1 Å². The van der Waals surface area contributed by atoms with Crippen molar-refractivity contribution in [3.05, 3.63) is 10.4 Å². The Labute approximate surface area is 179 Å². The van der Waals surface area contributed by atoms with E-state index in [0.717, 1.165) is 19.3 Å². The van der Waals surface area contributed by atoms with E-state index in [0.29, 0.717) is 0 Å². The van der Waals surface area contributed by atoms with Crippen LogP contribution >= 0.6 is 0 Å². The molecule has 2 atom stereocenters. The molecule has 0 fully saturated rings. The maximum atomic E-state index is 11.9. The van der Waals surface area contributed by atoms with Crippen LogP contribution in [0.2, 0.25) is 0 Å². The summed E-state index contributed by atoms with van der Waals surface area (Å²) in [5.74, 6) is 0. The topological polar surface area (TPSA) is 87.1 Å². The number of azide groups is 1. The molecule has 170 valence electrons. The fraction of sp³-hybridized carbons (Fsp3) is 0.957. The number of hydrogen-bond acceptors (Lipinski definition) is 3. The Morgan fingerprint density at radius 3 is 1.79 bits per heavy atom. The van der Waals surface area contributed by atoms with Crippen LogP contribution in [-0.2, 0) is 4.74 Å². The molecule has 0 aromatic carbocycles. The molecular weight excluding hydrogens is 364 g/mol. The minimum atomic E-state index is -0.535. The number of hydrogen-bond donors (Lipinski definition) is 1. The fourth-order valence-electron chi connectivity index (χ4n) is 3.43. The number of nitrogens with zero attached hydrogens (tertiary/aromatic N) is 3. The molecule has 0 unspecified atom stereocenters. The Bertz CT molecular complexity index is 456. The van der Waals surface area contributed by atoms with Gasteiger partial charge in [-0.25, -0.2) is 4.79 Å². The molecule has 1 amide bonds. The van der Waals surface area contributed by atoms with Crippen LogP contribution in [0.15, 0.2) is 5.11 Å². The number of nitrogens with one attached hydrogen (secondary N) is 1. The Morgan fingerprint density at radius 1 is 0.931 bits per heavy atom. The molecule has 1 N–H and O–H groups in total. The normalized spacial score (nSPS) is 13.4. The molecular formula is C23H46N4O2. The summed E-state index contributed by atoms with van der Waals surface area (Å²) in [6, 6.07) is -0.474. The lowest BCUT2D eigenvalue weighted by molar-refractivity contribution is 0.0500. The predicted octanol–water partition coefficient (Wildman–Crippen LogP) is 8.06. The second-order valence-electron chi connectivity index (χ2n) is 9.24. The van der Waals surface area contributed by atoms with Gasteiger partial charge in [-0.2, -0.15) is 0 Å². The summed E-state index contributed by atoms with van der Waals surface area (Å²) in [4.78, 5) is 14.9. The van der Waals surface area contributed by atoms with Crippen LogP contribution in [0.25, 0.3) is 10.4 Å². The van der Waals surface area contributed by atoms with Crippen LogP contribution in [0.5, 0.6) is 0 Å². The zero-order valence-corrected chi connectivity index (χ0v) is 19.7. The van der Waals surface area contributed by atoms with E-state index in [1.807, 2.05) is 27.7 Å². The maximum absolute atomic E-state index is 11.9. The molecule has 0 heterocycles. The maximum Gasteiger partial charge on any atom is 0.407 e. The molecule has 6 nitrogen and oxygen atoms in total. The summed E-state index contributed by atoms with van der Waals surface area (Å²) >= 11 is 0. The van der Waals surface area contributed by atoms with Crippen LogP contribution in [-0.4, -0.2) is 23.8 Å². The molecule has 0 saturated heterocycles. The van der Waals surface area contributed by atoms with Crippen LogP contribution in [0.4, 0.5) is 4.79 Å². The van der Waals surface area contributed by atoms with Crippen LogP contribution in [0, 0.1) is 0 Å². The first-order valence-electron chi connectivity index (χ1n) is 11.8. The molecule has 0 rings (SSSR count). The molecule has 0 bridgehead atoms. The van der Waals surface area contributed by atoms with Gasteiger partial charge < -0.3 is 10.1 Å². The average molecular weight is 411 g/mol. The van der Waals surface area contributed by atoms with Gasteiger partial charge in [-0.3, -0.25) is 0 Å². The number of carbonyl (C=O) groups is 1. The van der Waals surface area contributed by atoms with Gasteiger partial charge in [-0.1, -0.05) is 95.5 Å². The summed E-state index contributed by atoms with van der Waals surface area (Å²) in [6.07, 6.45) is 17.4. The zero-order valence-electron chi connectivity index (χ0n) is 19.7. The summed E-state index contributed by atoms with van der Waals surface area (Å²) < 4.78 is 5.27. The van der Waals surface area contributed by atoms with Crippen molar-refractivity contribution in [2.75, 3.05) is 0 Å². The Morgan fingerprint density at radius 2 is 1.38 bits per heavy atom. The molecule has 0 aromatic rings. The van der Waals surface area contributed by atoms with Crippen molar-refractivity contribution in [2.45, 2.75) is 142 Å². The minimum Gasteiger partial charge on any atom is -0.444 e. The van der Waals surface area contributed by atoms with Gasteiger partial charge >= 0.3 is 6.09 Å². The smallest absolute Gasteiger partial charge is 0.407 e. The second kappa shape index (κ2) is 17.4. The third-order valence-corrected chi connectivity index (χ3v) is 5.12. The quantitative estimate of drug-likeness (QED) is 0.114. The van der Waals surface area contributed by atoms with Gasteiger partial charge in [0, 0.05) is 11.0 Å². The molecule has 0 saturated carbocycles. The first-order valence-corrected chi connectivity index (χ1v) is 11.8. The average Bonchev–Trinajstić information content (AvgIpc) is 2.62. The molecule has 0 aromatic heterocycles. The van der Waals surface area contributed by atoms with Crippen molar-refractivity contribution in [1.29, 1.82) is 0 Å². The Kier molecular flexibility index (Phi) is 16.6. The molecule has 0 aliphatic rings. The lowest BCUT2D eigenvalue weighted by Crippen LogP contribution is -2.42. The number of rotatable bonds is 17.